The molecular formula is C18H23FN4O2. The number of nitrogens with zero attached hydrogens (tertiary/aromatic N) is 4. The summed E-state index contributed by atoms with van der Waals surface area (Å²) < 4.78 is 15.0. The lowest BCUT2D eigenvalue weighted by atomic mass is 9.85. The molecule has 134 valence electrons. The van der Waals surface area contributed by atoms with Crippen LogP contribution < -0.4 is 0 Å². The minimum atomic E-state index is -0.624. The number of likely N-dealkylation sites (tertiary alicyclic amines) is 1. The van der Waals surface area contributed by atoms with Crippen LogP contribution in [0.3, 0.4) is 0 Å². The van der Waals surface area contributed by atoms with E-state index >= 15 is 0 Å². The van der Waals surface area contributed by atoms with Crippen LogP contribution in [-0.2, 0) is 16.9 Å². The number of hydrogen-bond acceptors (Lipinski definition) is 4. The van der Waals surface area contributed by atoms with Gasteiger partial charge in [-0.05, 0) is 18.9 Å². The maximum atomic E-state index is 13.1. The third-order valence-electron chi connectivity index (χ3n) is 4.93. The summed E-state index contributed by atoms with van der Waals surface area (Å²) in [6.07, 6.45) is 6.53. The van der Waals surface area contributed by atoms with Gasteiger partial charge >= 0.3 is 0 Å². The van der Waals surface area contributed by atoms with E-state index in [2.05, 4.69) is 9.88 Å². The van der Waals surface area contributed by atoms with Gasteiger partial charge in [0.25, 0.3) is 0 Å². The molecule has 3 rings (SSSR count). The number of amides is 1. The Labute approximate surface area is 146 Å². The van der Waals surface area contributed by atoms with E-state index in [9.17, 15) is 14.3 Å². The van der Waals surface area contributed by atoms with E-state index in [0.717, 1.165) is 6.07 Å². The lowest BCUT2D eigenvalue weighted by molar-refractivity contribution is -0.141. The Morgan fingerprint density at radius 1 is 1.36 bits per heavy atom. The van der Waals surface area contributed by atoms with Crippen LogP contribution in [0.25, 0.3) is 0 Å². The number of imidazole rings is 1. The second kappa shape index (κ2) is 6.84. The van der Waals surface area contributed by atoms with Crippen molar-refractivity contribution in [3.63, 3.8) is 0 Å². The topological polar surface area (TPSA) is 61.6 Å². The Bertz CT molecular complexity index is 738. The lowest BCUT2D eigenvalue weighted by Gasteiger charge is -2.42. The summed E-state index contributed by atoms with van der Waals surface area (Å²) in [4.78, 5) is 20.8. The van der Waals surface area contributed by atoms with Crippen LogP contribution in [-0.4, -0.2) is 57.5 Å². The Balaban J connectivity index is 1.75. The Hall–Kier alpha value is -2.41. The van der Waals surface area contributed by atoms with Gasteiger partial charge in [-0.2, -0.15) is 0 Å². The van der Waals surface area contributed by atoms with E-state index in [4.69, 9.17) is 0 Å². The Morgan fingerprint density at radius 3 is 2.64 bits per heavy atom. The third-order valence-corrected chi connectivity index (χ3v) is 4.93. The molecule has 0 aliphatic carbocycles. The summed E-state index contributed by atoms with van der Waals surface area (Å²) >= 11 is 0. The van der Waals surface area contributed by atoms with Gasteiger partial charge in [0.1, 0.15) is 17.1 Å². The molecule has 1 N–H and O–H groups in total. The molecule has 1 amide bonds. The van der Waals surface area contributed by atoms with Crippen LogP contribution in [0.2, 0.25) is 0 Å². The number of aromatic hydroxyl groups is 1. The maximum absolute atomic E-state index is 13.1. The number of hydrogen-bond donors (Lipinski definition) is 1. The van der Waals surface area contributed by atoms with Gasteiger partial charge < -0.3 is 14.6 Å². The molecule has 0 bridgehead atoms. The minimum Gasteiger partial charge on any atom is -0.508 e. The molecule has 1 aliphatic heterocycles. The number of aromatic nitrogens is 2. The molecule has 2 heterocycles. The molecule has 6 nitrogen and oxygen atoms in total. The fraction of sp³-hybridized carbons (Fsp3) is 0.444. The highest BCUT2D eigenvalue weighted by Gasteiger charge is 2.43. The number of phenolic OH excluding ortho intramolecular Hbond substituents is 1. The molecule has 1 aliphatic rings. The van der Waals surface area contributed by atoms with E-state index in [-0.39, 0.29) is 11.7 Å². The smallest absolute Gasteiger partial charge is 0.248 e. The monoisotopic (exact) mass is 346 g/mol. The van der Waals surface area contributed by atoms with Crippen molar-refractivity contribution in [2.45, 2.75) is 24.9 Å². The van der Waals surface area contributed by atoms with Gasteiger partial charge in [-0.3, -0.25) is 9.69 Å². The predicted octanol–water partition coefficient (Wildman–Crippen LogP) is 1.81. The summed E-state index contributed by atoms with van der Waals surface area (Å²) in [5.74, 6) is -0.416. The average Bonchev–Trinajstić information content (AvgIpc) is 3.12. The molecule has 0 unspecified atom stereocenters. The molecule has 1 fully saturated rings. The van der Waals surface area contributed by atoms with Crippen molar-refractivity contribution in [1.29, 1.82) is 0 Å². The van der Waals surface area contributed by atoms with Gasteiger partial charge in [0.05, 0.1) is 6.33 Å². The van der Waals surface area contributed by atoms with E-state index in [0.29, 0.717) is 38.0 Å². The number of phenols is 1. The first-order valence-corrected chi connectivity index (χ1v) is 8.32. The zero-order chi connectivity index (χ0) is 18.0. The molecule has 1 aromatic carbocycles. The first-order valence-electron chi connectivity index (χ1n) is 8.32. The Kier molecular flexibility index (Phi) is 4.76. The number of piperidine rings is 1. The molecule has 1 aromatic heterocycles. The fourth-order valence-corrected chi connectivity index (χ4v) is 3.50. The fourth-order valence-electron chi connectivity index (χ4n) is 3.50. The Morgan fingerprint density at radius 2 is 2.08 bits per heavy atom. The van der Waals surface area contributed by atoms with Crippen LogP contribution in [0.4, 0.5) is 4.39 Å². The van der Waals surface area contributed by atoms with Crippen LogP contribution in [0.1, 0.15) is 18.4 Å². The summed E-state index contributed by atoms with van der Waals surface area (Å²) in [5.41, 5.74) is 0.0666. The number of carbonyl (C=O) groups is 1. The van der Waals surface area contributed by atoms with Crippen LogP contribution in [0.15, 0.2) is 36.9 Å². The van der Waals surface area contributed by atoms with Crippen molar-refractivity contribution < 1.29 is 14.3 Å². The van der Waals surface area contributed by atoms with E-state index < -0.39 is 11.4 Å². The van der Waals surface area contributed by atoms with E-state index in [1.165, 1.54) is 6.07 Å². The third kappa shape index (κ3) is 3.37. The minimum absolute atomic E-state index is 0.0317. The normalized spacial score (nSPS) is 17.4. The van der Waals surface area contributed by atoms with Crippen molar-refractivity contribution in [3.8, 4) is 5.75 Å². The predicted molar refractivity (Wildman–Crippen MR) is 91.5 cm³/mol. The molecule has 1 saturated heterocycles. The van der Waals surface area contributed by atoms with Crippen molar-refractivity contribution in [3.05, 3.63) is 48.3 Å². The largest absolute Gasteiger partial charge is 0.508 e. The molecule has 0 radical (unpaired) electrons. The zero-order valence-electron chi connectivity index (χ0n) is 14.5. The van der Waals surface area contributed by atoms with Gasteiger partial charge in [-0.25, -0.2) is 9.37 Å². The highest BCUT2D eigenvalue weighted by Crippen LogP contribution is 2.33. The summed E-state index contributed by atoms with van der Waals surface area (Å²) in [6.45, 7) is 1.94. The number of halogens is 1. The standard InChI is InChI=1S/C18H23FN4O2/c1-21(2)17(25)18(23-10-7-20-13-23)5-8-22(9-6-18)12-14-3-4-15(19)11-16(14)24/h3-4,7,10-11,13,24H,5-6,8-9,12H2,1-2H3. The summed E-state index contributed by atoms with van der Waals surface area (Å²) in [5, 5.41) is 9.90. The summed E-state index contributed by atoms with van der Waals surface area (Å²) in [7, 11) is 3.54. The molecule has 25 heavy (non-hydrogen) atoms. The van der Waals surface area contributed by atoms with E-state index in [1.54, 1.807) is 37.6 Å². The van der Waals surface area contributed by atoms with E-state index in [1.807, 2.05) is 10.8 Å². The van der Waals surface area contributed by atoms with Crippen molar-refractivity contribution >= 4 is 5.91 Å². The van der Waals surface area contributed by atoms with Crippen LogP contribution in [0, 0.1) is 5.82 Å². The number of likely N-dealkylation sites (N-methyl/N-ethyl adjacent to an activating group) is 1. The van der Waals surface area contributed by atoms with Gasteiger partial charge in [0, 0.05) is 57.8 Å². The first kappa shape index (κ1) is 17.4. The highest BCUT2D eigenvalue weighted by atomic mass is 19.1. The molecule has 0 saturated carbocycles. The van der Waals surface area contributed by atoms with Crippen molar-refractivity contribution in [2.24, 2.45) is 0 Å². The van der Waals surface area contributed by atoms with Gasteiger partial charge in [0.15, 0.2) is 0 Å². The summed E-state index contributed by atoms with van der Waals surface area (Å²) in [6, 6.07) is 4.09. The second-order valence-electron chi connectivity index (χ2n) is 6.75. The van der Waals surface area contributed by atoms with Gasteiger partial charge in [-0.1, -0.05) is 6.07 Å². The molecule has 0 spiro atoms. The SMILES string of the molecule is CN(C)C(=O)C1(n2ccnc2)CCN(Cc2ccc(F)cc2O)CC1. The number of rotatable bonds is 4. The molecule has 0 atom stereocenters. The van der Waals surface area contributed by atoms with Gasteiger partial charge in [-0.15, -0.1) is 0 Å². The molecular weight excluding hydrogens is 323 g/mol. The van der Waals surface area contributed by atoms with Crippen LogP contribution >= 0.6 is 0 Å². The number of benzene rings is 1. The van der Waals surface area contributed by atoms with Crippen molar-refractivity contribution in [2.75, 3.05) is 27.2 Å². The second-order valence-corrected chi connectivity index (χ2v) is 6.75. The maximum Gasteiger partial charge on any atom is 0.248 e. The first-order chi connectivity index (χ1) is 11.9. The van der Waals surface area contributed by atoms with Gasteiger partial charge in [0.2, 0.25) is 5.91 Å². The molecule has 7 heteroatoms. The quantitative estimate of drug-likeness (QED) is 0.917. The number of carbonyl (C=O) groups excluding carboxylic acids is 1. The highest BCUT2D eigenvalue weighted by molar-refractivity contribution is 5.84. The van der Waals surface area contributed by atoms with Crippen molar-refractivity contribution in [1.82, 2.24) is 19.4 Å². The average molecular weight is 346 g/mol. The lowest BCUT2D eigenvalue weighted by Crippen LogP contribution is -2.54. The molecule has 2 aromatic rings. The van der Waals surface area contributed by atoms with Crippen LogP contribution in [0.5, 0.6) is 5.75 Å². The zero-order valence-corrected chi connectivity index (χ0v) is 14.5.